The monoisotopic (exact) mass is 336 g/mol. The van der Waals surface area contributed by atoms with Crippen molar-refractivity contribution >= 4 is 10.9 Å². The lowest BCUT2D eigenvalue weighted by molar-refractivity contribution is 0.170. The normalized spacial score (nSPS) is 16.8. The van der Waals surface area contributed by atoms with Crippen molar-refractivity contribution in [1.29, 1.82) is 0 Å². The first-order valence-electron chi connectivity index (χ1n) is 9.34. The fraction of sp³-hybridized carbons (Fsp3) is 0.476. The fourth-order valence-electron chi connectivity index (χ4n) is 4.22. The van der Waals surface area contributed by atoms with Crippen LogP contribution in [0.4, 0.5) is 0 Å². The predicted octanol–water partition coefficient (Wildman–Crippen LogP) is 4.44. The minimum Gasteiger partial charge on any atom is -0.357 e. The van der Waals surface area contributed by atoms with Crippen molar-refractivity contribution in [3.63, 3.8) is 0 Å². The molecule has 0 radical (unpaired) electrons. The third-order valence-electron chi connectivity index (χ3n) is 5.65. The third-order valence-corrected chi connectivity index (χ3v) is 5.65. The van der Waals surface area contributed by atoms with Gasteiger partial charge in [-0.1, -0.05) is 11.6 Å². The molecule has 0 amide bonds. The van der Waals surface area contributed by atoms with Gasteiger partial charge >= 0.3 is 0 Å². The molecular formula is C21H28N4. The summed E-state index contributed by atoms with van der Waals surface area (Å²) in [7, 11) is 0. The van der Waals surface area contributed by atoms with Crippen molar-refractivity contribution < 1.29 is 0 Å². The predicted molar refractivity (Wildman–Crippen MR) is 103 cm³/mol. The van der Waals surface area contributed by atoms with E-state index in [2.05, 4.69) is 71.6 Å². The summed E-state index contributed by atoms with van der Waals surface area (Å²) in [5.41, 5.74) is 7.77. The third kappa shape index (κ3) is 3.11. The number of fused-ring (bicyclic) bond motifs is 1. The smallest absolute Gasteiger partial charge is 0.0596 e. The van der Waals surface area contributed by atoms with Crippen LogP contribution in [0.3, 0.4) is 0 Å². The van der Waals surface area contributed by atoms with Gasteiger partial charge in [-0.05, 0) is 64.3 Å². The lowest BCUT2D eigenvalue weighted by atomic mass is 10.0. The van der Waals surface area contributed by atoms with E-state index in [-0.39, 0.29) is 0 Å². The molecule has 0 spiro atoms. The van der Waals surface area contributed by atoms with E-state index in [1.165, 1.54) is 46.3 Å². The molecule has 4 nitrogen and oxygen atoms in total. The Hall–Kier alpha value is -2.07. The minimum atomic E-state index is 0.552. The van der Waals surface area contributed by atoms with Crippen molar-refractivity contribution in [2.75, 3.05) is 13.1 Å². The topological polar surface area (TPSA) is 36.9 Å². The lowest BCUT2D eigenvalue weighted by Gasteiger charge is -2.32. The minimum absolute atomic E-state index is 0.552. The largest absolute Gasteiger partial charge is 0.357 e. The highest BCUT2D eigenvalue weighted by Gasteiger charge is 2.23. The van der Waals surface area contributed by atoms with Gasteiger partial charge in [0.15, 0.2) is 0 Å². The zero-order chi connectivity index (χ0) is 17.6. The Kier molecular flexibility index (Phi) is 4.16. The van der Waals surface area contributed by atoms with Gasteiger partial charge in [0.05, 0.1) is 11.7 Å². The molecule has 3 aromatic rings. The summed E-state index contributed by atoms with van der Waals surface area (Å²) in [5, 5.41) is 6.05. The second-order valence-electron chi connectivity index (χ2n) is 7.66. The summed E-state index contributed by atoms with van der Waals surface area (Å²) in [5.74, 6) is 0. The zero-order valence-electron chi connectivity index (χ0n) is 15.8. The zero-order valence-corrected chi connectivity index (χ0v) is 15.8. The number of H-pyrrole nitrogens is 1. The second-order valence-corrected chi connectivity index (χ2v) is 7.66. The molecule has 0 unspecified atom stereocenters. The molecule has 0 bridgehead atoms. The molecule has 1 aliphatic rings. The summed E-state index contributed by atoms with van der Waals surface area (Å²) in [6.45, 7) is 11.9. The van der Waals surface area contributed by atoms with Crippen molar-refractivity contribution in [2.24, 2.45) is 0 Å². The Morgan fingerprint density at radius 3 is 2.52 bits per heavy atom. The number of aryl methyl sites for hydroxylation is 4. The standard InChI is InChI=1S/C21H28N4/c1-14-5-6-20-19(11-14)17(4)21(22-20)13-24-9-7-18(8-10-24)25-16(3)12-15(2)23-25/h5-6,11-12,18,22H,7-10,13H2,1-4H3. The maximum Gasteiger partial charge on any atom is 0.0596 e. The number of hydrogen-bond acceptors (Lipinski definition) is 2. The average molecular weight is 336 g/mol. The Morgan fingerprint density at radius 2 is 1.84 bits per heavy atom. The number of rotatable bonds is 3. The highest BCUT2D eigenvalue weighted by Crippen LogP contribution is 2.27. The van der Waals surface area contributed by atoms with Gasteiger partial charge in [0.25, 0.3) is 0 Å². The molecule has 4 rings (SSSR count). The highest BCUT2D eigenvalue weighted by molar-refractivity contribution is 5.85. The summed E-state index contributed by atoms with van der Waals surface area (Å²) >= 11 is 0. The van der Waals surface area contributed by atoms with Gasteiger partial charge in [0, 0.05) is 41.9 Å². The second kappa shape index (κ2) is 6.34. The molecule has 0 aliphatic carbocycles. The maximum absolute atomic E-state index is 4.69. The van der Waals surface area contributed by atoms with Gasteiger partial charge in [-0.2, -0.15) is 5.10 Å². The van der Waals surface area contributed by atoms with Gasteiger partial charge in [0.1, 0.15) is 0 Å². The van der Waals surface area contributed by atoms with E-state index < -0.39 is 0 Å². The van der Waals surface area contributed by atoms with Crippen LogP contribution in [0.15, 0.2) is 24.3 Å². The van der Waals surface area contributed by atoms with Crippen molar-refractivity contribution in [1.82, 2.24) is 19.7 Å². The van der Waals surface area contributed by atoms with E-state index in [0.717, 1.165) is 25.3 Å². The fourth-order valence-corrected chi connectivity index (χ4v) is 4.22. The van der Waals surface area contributed by atoms with E-state index in [1.54, 1.807) is 0 Å². The Labute approximate surface area is 149 Å². The van der Waals surface area contributed by atoms with Crippen LogP contribution in [-0.2, 0) is 6.54 Å². The molecule has 132 valence electrons. The molecule has 1 aromatic carbocycles. The molecule has 1 saturated heterocycles. The first-order chi connectivity index (χ1) is 12.0. The molecule has 4 heteroatoms. The molecule has 2 aromatic heterocycles. The van der Waals surface area contributed by atoms with Gasteiger partial charge in [-0.25, -0.2) is 0 Å². The van der Waals surface area contributed by atoms with Crippen LogP contribution < -0.4 is 0 Å². The van der Waals surface area contributed by atoms with Crippen molar-refractivity contribution in [3.8, 4) is 0 Å². The molecular weight excluding hydrogens is 308 g/mol. The molecule has 1 fully saturated rings. The van der Waals surface area contributed by atoms with Gasteiger partial charge in [0.2, 0.25) is 0 Å². The first kappa shape index (κ1) is 16.4. The van der Waals surface area contributed by atoms with Crippen molar-refractivity contribution in [3.05, 3.63) is 52.5 Å². The molecule has 0 saturated carbocycles. The summed E-state index contributed by atoms with van der Waals surface area (Å²) < 4.78 is 2.24. The number of benzene rings is 1. The van der Waals surface area contributed by atoms with Crippen molar-refractivity contribution in [2.45, 2.75) is 53.1 Å². The quantitative estimate of drug-likeness (QED) is 0.768. The van der Waals surface area contributed by atoms with E-state index in [9.17, 15) is 0 Å². The number of nitrogens with zero attached hydrogens (tertiary/aromatic N) is 3. The SMILES string of the molecule is Cc1ccc2[nH]c(CN3CCC(n4nc(C)cc4C)CC3)c(C)c2c1. The number of nitrogens with one attached hydrogen (secondary N) is 1. The summed E-state index contributed by atoms with van der Waals surface area (Å²) in [4.78, 5) is 6.21. The Balaban J connectivity index is 1.45. The lowest BCUT2D eigenvalue weighted by Crippen LogP contribution is -2.35. The number of hydrogen-bond donors (Lipinski definition) is 1. The molecule has 1 N–H and O–H groups in total. The molecule has 0 atom stereocenters. The molecule has 25 heavy (non-hydrogen) atoms. The van der Waals surface area contributed by atoms with Gasteiger partial charge in [-0.15, -0.1) is 0 Å². The van der Waals surface area contributed by atoms with Gasteiger partial charge < -0.3 is 4.98 Å². The van der Waals surface area contributed by atoms with Crippen LogP contribution in [-0.4, -0.2) is 32.8 Å². The Bertz CT molecular complexity index is 894. The molecule has 3 heterocycles. The maximum atomic E-state index is 4.69. The molecule has 1 aliphatic heterocycles. The van der Waals surface area contributed by atoms with E-state index in [4.69, 9.17) is 0 Å². The van der Waals surface area contributed by atoms with Crippen LogP contribution in [0.25, 0.3) is 10.9 Å². The van der Waals surface area contributed by atoms with Crippen LogP contribution >= 0.6 is 0 Å². The van der Waals surface area contributed by atoms with E-state index >= 15 is 0 Å². The Morgan fingerprint density at radius 1 is 1.08 bits per heavy atom. The summed E-state index contributed by atoms with van der Waals surface area (Å²) in [6, 6.07) is 9.41. The number of aromatic amines is 1. The average Bonchev–Trinajstić information content (AvgIpc) is 3.08. The van der Waals surface area contributed by atoms with Crippen LogP contribution in [0.2, 0.25) is 0 Å². The number of likely N-dealkylation sites (tertiary alicyclic amines) is 1. The van der Waals surface area contributed by atoms with Gasteiger partial charge in [-0.3, -0.25) is 9.58 Å². The van der Waals surface area contributed by atoms with Crippen LogP contribution in [0.5, 0.6) is 0 Å². The first-order valence-corrected chi connectivity index (χ1v) is 9.34. The van der Waals surface area contributed by atoms with Crippen LogP contribution in [0.1, 0.15) is 47.1 Å². The summed E-state index contributed by atoms with van der Waals surface area (Å²) in [6.07, 6.45) is 2.36. The van der Waals surface area contributed by atoms with Crippen LogP contribution in [0, 0.1) is 27.7 Å². The highest BCUT2D eigenvalue weighted by atomic mass is 15.3. The van der Waals surface area contributed by atoms with E-state index in [1.807, 2.05) is 0 Å². The van der Waals surface area contributed by atoms with E-state index in [0.29, 0.717) is 6.04 Å². The number of aromatic nitrogens is 3. The number of piperidine rings is 1.